The van der Waals surface area contributed by atoms with Crippen LogP contribution >= 0.6 is 0 Å². The molecule has 6 heteroatoms. The highest BCUT2D eigenvalue weighted by Gasteiger charge is 2.15. The van der Waals surface area contributed by atoms with Gasteiger partial charge in [0.2, 0.25) is 0 Å². The molecule has 0 aliphatic heterocycles. The first kappa shape index (κ1) is 19.2. The fourth-order valence-corrected chi connectivity index (χ4v) is 2.78. The molecule has 6 nitrogen and oxygen atoms in total. The lowest BCUT2D eigenvalue weighted by Crippen LogP contribution is -2.29. The summed E-state index contributed by atoms with van der Waals surface area (Å²) in [4.78, 5) is 34.9. The van der Waals surface area contributed by atoms with Gasteiger partial charge in [0.25, 0.3) is 11.8 Å². The number of carbonyl (C=O) groups excluding carboxylic acids is 2. The second-order valence-corrected chi connectivity index (χ2v) is 6.62. The first-order valence-corrected chi connectivity index (χ1v) is 9.00. The van der Waals surface area contributed by atoms with Crippen molar-refractivity contribution in [3.8, 4) is 0 Å². The molecule has 0 radical (unpaired) electrons. The molecule has 0 spiro atoms. The van der Waals surface area contributed by atoms with Crippen molar-refractivity contribution in [2.75, 3.05) is 18.9 Å². The lowest BCUT2D eigenvalue weighted by Gasteiger charge is -2.17. The number of pyridine rings is 2. The predicted molar refractivity (Wildman–Crippen MR) is 108 cm³/mol. The fourth-order valence-electron chi connectivity index (χ4n) is 2.78. The fraction of sp³-hybridized carbons (Fsp3) is 0.182. The zero-order valence-corrected chi connectivity index (χ0v) is 15.9. The van der Waals surface area contributed by atoms with Gasteiger partial charge in [-0.2, -0.15) is 0 Å². The van der Waals surface area contributed by atoms with Gasteiger partial charge < -0.3 is 10.2 Å². The van der Waals surface area contributed by atoms with Gasteiger partial charge in [0.1, 0.15) is 0 Å². The molecule has 1 N–H and O–H groups in total. The van der Waals surface area contributed by atoms with E-state index in [0.29, 0.717) is 23.4 Å². The molecule has 3 aromatic rings. The quantitative estimate of drug-likeness (QED) is 0.718. The van der Waals surface area contributed by atoms with Gasteiger partial charge in [0.05, 0.1) is 11.1 Å². The van der Waals surface area contributed by atoms with Gasteiger partial charge in [-0.25, -0.2) is 0 Å². The summed E-state index contributed by atoms with van der Waals surface area (Å²) in [5.74, 6) is -0.473. The Morgan fingerprint density at radius 2 is 1.75 bits per heavy atom. The second kappa shape index (κ2) is 8.90. The first-order valence-electron chi connectivity index (χ1n) is 9.00. The summed E-state index contributed by atoms with van der Waals surface area (Å²) in [6.07, 6.45) is 7.13. The number of nitrogens with zero attached hydrogens (tertiary/aromatic N) is 3. The lowest BCUT2D eigenvalue weighted by atomic mass is 10.1. The van der Waals surface area contributed by atoms with Gasteiger partial charge in [0.15, 0.2) is 0 Å². The van der Waals surface area contributed by atoms with Crippen LogP contribution in [0.3, 0.4) is 0 Å². The van der Waals surface area contributed by atoms with Crippen LogP contribution in [-0.2, 0) is 6.42 Å². The van der Waals surface area contributed by atoms with E-state index < -0.39 is 0 Å². The molecule has 142 valence electrons. The summed E-state index contributed by atoms with van der Waals surface area (Å²) >= 11 is 0. The summed E-state index contributed by atoms with van der Waals surface area (Å²) in [7, 11) is 1.74. The Balaban J connectivity index is 1.66. The number of hydrogen-bond donors (Lipinski definition) is 1. The zero-order valence-electron chi connectivity index (χ0n) is 15.9. The minimum Gasteiger partial charge on any atom is -0.341 e. The lowest BCUT2D eigenvalue weighted by molar-refractivity contribution is 0.0796. The molecule has 0 fully saturated rings. The van der Waals surface area contributed by atoms with Gasteiger partial charge in [0, 0.05) is 44.1 Å². The van der Waals surface area contributed by atoms with Crippen LogP contribution in [0.1, 0.15) is 31.8 Å². The Morgan fingerprint density at radius 1 is 1.00 bits per heavy atom. The molecule has 1 aromatic carbocycles. The molecule has 2 heterocycles. The maximum absolute atomic E-state index is 12.7. The number of anilines is 1. The van der Waals surface area contributed by atoms with Crippen molar-refractivity contribution in [2.45, 2.75) is 13.3 Å². The standard InChI is InChI=1S/C22H22N4O2/c1-16-4-3-5-20(12-16)25-21(27)18-13-19(15-24-14-18)22(28)26(2)11-8-17-6-9-23-10-7-17/h3-7,9-10,12-15H,8,11H2,1-2H3,(H,25,27). The highest BCUT2D eigenvalue weighted by Crippen LogP contribution is 2.13. The van der Waals surface area contributed by atoms with E-state index in [4.69, 9.17) is 0 Å². The molecule has 0 aliphatic carbocycles. The van der Waals surface area contributed by atoms with Crippen molar-refractivity contribution < 1.29 is 9.59 Å². The third-order valence-corrected chi connectivity index (χ3v) is 4.36. The van der Waals surface area contributed by atoms with E-state index in [-0.39, 0.29) is 11.8 Å². The Morgan fingerprint density at radius 3 is 2.50 bits per heavy atom. The smallest absolute Gasteiger partial charge is 0.257 e. The number of hydrogen-bond acceptors (Lipinski definition) is 4. The highest BCUT2D eigenvalue weighted by atomic mass is 16.2. The largest absolute Gasteiger partial charge is 0.341 e. The van der Waals surface area contributed by atoms with E-state index >= 15 is 0 Å². The maximum Gasteiger partial charge on any atom is 0.257 e. The Bertz CT molecular complexity index is 973. The summed E-state index contributed by atoms with van der Waals surface area (Å²) in [6, 6.07) is 13.0. The third-order valence-electron chi connectivity index (χ3n) is 4.36. The van der Waals surface area contributed by atoms with E-state index in [1.807, 2.05) is 43.3 Å². The number of nitrogens with one attached hydrogen (secondary N) is 1. The maximum atomic E-state index is 12.7. The summed E-state index contributed by atoms with van der Waals surface area (Å²) in [5.41, 5.74) is 3.59. The molecule has 28 heavy (non-hydrogen) atoms. The van der Waals surface area contributed by atoms with Crippen molar-refractivity contribution in [1.29, 1.82) is 0 Å². The number of benzene rings is 1. The average Bonchev–Trinajstić information content (AvgIpc) is 2.72. The Labute approximate surface area is 164 Å². The van der Waals surface area contributed by atoms with Gasteiger partial charge in [-0.3, -0.25) is 19.6 Å². The van der Waals surface area contributed by atoms with Crippen LogP contribution < -0.4 is 5.32 Å². The third kappa shape index (κ3) is 5.01. The van der Waals surface area contributed by atoms with Crippen molar-refractivity contribution >= 4 is 17.5 Å². The Hall–Kier alpha value is -3.54. The Kier molecular flexibility index (Phi) is 6.11. The molecule has 0 saturated heterocycles. The van der Waals surface area contributed by atoms with Crippen LogP contribution in [0, 0.1) is 6.92 Å². The number of aryl methyl sites for hydroxylation is 1. The molecule has 2 aromatic heterocycles. The summed E-state index contributed by atoms with van der Waals surface area (Å²) < 4.78 is 0. The molecule has 0 aliphatic rings. The predicted octanol–water partition coefficient (Wildman–Crippen LogP) is 3.35. The van der Waals surface area contributed by atoms with Crippen molar-refractivity contribution in [1.82, 2.24) is 14.9 Å². The molecule has 0 unspecified atom stereocenters. The number of carbonyl (C=O) groups is 2. The number of aromatic nitrogens is 2. The van der Waals surface area contributed by atoms with Gasteiger partial charge in [-0.1, -0.05) is 12.1 Å². The van der Waals surface area contributed by atoms with Crippen LogP contribution in [-0.4, -0.2) is 40.3 Å². The monoisotopic (exact) mass is 374 g/mol. The zero-order chi connectivity index (χ0) is 19.9. The number of likely N-dealkylation sites (N-methyl/N-ethyl adjacent to an activating group) is 1. The van der Waals surface area contributed by atoms with Crippen molar-refractivity contribution in [2.24, 2.45) is 0 Å². The summed E-state index contributed by atoms with van der Waals surface area (Å²) in [6.45, 7) is 2.51. The van der Waals surface area contributed by atoms with Gasteiger partial charge in [-0.05, 0) is 54.8 Å². The normalized spacial score (nSPS) is 10.4. The van der Waals surface area contributed by atoms with Gasteiger partial charge in [-0.15, -0.1) is 0 Å². The highest BCUT2D eigenvalue weighted by molar-refractivity contribution is 6.05. The van der Waals surface area contributed by atoms with E-state index in [9.17, 15) is 9.59 Å². The number of rotatable bonds is 6. The SMILES string of the molecule is Cc1cccc(NC(=O)c2cncc(C(=O)N(C)CCc3ccncc3)c2)c1. The molecule has 0 atom stereocenters. The molecule has 3 rings (SSSR count). The van der Waals surface area contributed by atoms with Crippen LogP contribution in [0.5, 0.6) is 0 Å². The molecule has 2 amide bonds. The number of amides is 2. The molecule has 0 bridgehead atoms. The van der Waals surface area contributed by atoms with Crippen molar-refractivity contribution in [3.63, 3.8) is 0 Å². The van der Waals surface area contributed by atoms with Crippen molar-refractivity contribution in [3.05, 3.63) is 89.5 Å². The summed E-state index contributed by atoms with van der Waals surface area (Å²) in [5, 5.41) is 2.83. The molecular formula is C22H22N4O2. The second-order valence-electron chi connectivity index (χ2n) is 6.62. The minimum absolute atomic E-state index is 0.174. The van der Waals surface area contributed by atoms with Crippen LogP contribution in [0.2, 0.25) is 0 Å². The minimum atomic E-state index is -0.299. The molecule has 0 saturated carbocycles. The van der Waals surface area contributed by atoms with Crippen LogP contribution in [0.25, 0.3) is 0 Å². The van der Waals surface area contributed by atoms with E-state index in [1.165, 1.54) is 12.4 Å². The average molecular weight is 374 g/mol. The van der Waals surface area contributed by atoms with Crippen LogP contribution in [0.4, 0.5) is 5.69 Å². The first-order chi connectivity index (χ1) is 13.5. The van der Waals surface area contributed by atoms with E-state index in [1.54, 1.807) is 30.4 Å². The van der Waals surface area contributed by atoms with Gasteiger partial charge >= 0.3 is 0 Å². The topological polar surface area (TPSA) is 75.2 Å². The van der Waals surface area contributed by atoms with E-state index in [2.05, 4.69) is 15.3 Å². The van der Waals surface area contributed by atoms with E-state index in [0.717, 1.165) is 17.5 Å². The van der Waals surface area contributed by atoms with Crippen LogP contribution in [0.15, 0.2) is 67.3 Å². The molecular weight excluding hydrogens is 352 g/mol.